The highest BCUT2D eigenvalue weighted by atomic mass is 35.5. The first-order valence-corrected chi connectivity index (χ1v) is 9.78. The molecule has 1 fully saturated rings. The van der Waals surface area contributed by atoms with Crippen LogP contribution in [0.2, 0.25) is 5.02 Å². The molecule has 1 atom stereocenters. The van der Waals surface area contributed by atoms with E-state index in [1.54, 1.807) is 29.1 Å². The number of nitrogens with zero attached hydrogens (tertiary/aromatic N) is 3. The van der Waals surface area contributed by atoms with Gasteiger partial charge in [0.05, 0.1) is 22.1 Å². The predicted molar refractivity (Wildman–Crippen MR) is 112 cm³/mol. The van der Waals surface area contributed by atoms with Crippen LogP contribution in [0.15, 0.2) is 75.4 Å². The number of aliphatic imine (C=N–C) groups is 1. The van der Waals surface area contributed by atoms with Gasteiger partial charge >= 0.3 is 0 Å². The molecule has 5 nitrogen and oxygen atoms in total. The summed E-state index contributed by atoms with van der Waals surface area (Å²) in [4.78, 5) is 21.9. The molecule has 4 heterocycles. The third-order valence-electron chi connectivity index (χ3n) is 5.43. The summed E-state index contributed by atoms with van der Waals surface area (Å²) in [5.41, 5.74) is 7.10. The molecule has 0 radical (unpaired) electrons. The fourth-order valence-corrected chi connectivity index (χ4v) is 4.23. The van der Waals surface area contributed by atoms with Crippen molar-refractivity contribution in [3.05, 3.63) is 81.0 Å². The lowest BCUT2D eigenvalue weighted by atomic mass is 9.87. The Labute approximate surface area is 167 Å². The first kappa shape index (κ1) is 17.3. The topological polar surface area (TPSA) is 59.3 Å². The second-order valence-electron chi connectivity index (χ2n) is 7.27. The van der Waals surface area contributed by atoms with Crippen LogP contribution in [0.4, 0.5) is 0 Å². The van der Waals surface area contributed by atoms with Gasteiger partial charge in [0.15, 0.2) is 0 Å². The Kier molecular flexibility index (Phi) is 4.14. The highest BCUT2D eigenvalue weighted by Gasteiger charge is 2.30. The Hall–Kier alpha value is -2.76. The highest BCUT2D eigenvalue weighted by Crippen LogP contribution is 2.39. The van der Waals surface area contributed by atoms with Crippen molar-refractivity contribution in [1.82, 2.24) is 14.9 Å². The van der Waals surface area contributed by atoms with Crippen LogP contribution in [0, 0.1) is 5.92 Å². The summed E-state index contributed by atoms with van der Waals surface area (Å²) >= 11 is 5.90. The lowest BCUT2D eigenvalue weighted by Gasteiger charge is -2.22. The molecular weight excluding hydrogens is 372 g/mol. The van der Waals surface area contributed by atoms with E-state index in [9.17, 15) is 4.79 Å². The van der Waals surface area contributed by atoms with Crippen LogP contribution in [0.25, 0.3) is 17.0 Å². The minimum Gasteiger partial charge on any atom is -0.311 e. The van der Waals surface area contributed by atoms with Crippen molar-refractivity contribution in [3.63, 3.8) is 0 Å². The van der Waals surface area contributed by atoms with Gasteiger partial charge in [-0.05, 0) is 48.4 Å². The summed E-state index contributed by atoms with van der Waals surface area (Å²) in [7, 11) is 0. The van der Waals surface area contributed by atoms with Gasteiger partial charge in [-0.15, -0.1) is 0 Å². The van der Waals surface area contributed by atoms with Gasteiger partial charge in [0.2, 0.25) is 0 Å². The zero-order chi connectivity index (χ0) is 19.3. The molecule has 1 aliphatic carbocycles. The van der Waals surface area contributed by atoms with Crippen molar-refractivity contribution in [2.45, 2.75) is 13.3 Å². The molecule has 0 bridgehead atoms. The summed E-state index contributed by atoms with van der Waals surface area (Å²) in [5, 5.41) is 3.95. The lowest BCUT2D eigenvalue weighted by Crippen LogP contribution is -2.31. The van der Waals surface area contributed by atoms with Crippen LogP contribution >= 0.6 is 11.6 Å². The van der Waals surface area contributed by atoms with Gasteiger partial charge in [0.1, 0.15) is 0 Å². The minimum atomic E-state index is -0.0922. The van der Waals surface area contributed by atoms with E-state index in [0.29, 0.717) is 5.02 Å². The number of halogens is 1. The standard InChI is InChI=1S/C22H19ClN4O/c1-13-8-16(10-19-22(13)17-4-6-24-12-20(17)26-19)27-7-5-14(9-21(27)28)18-3-2-15(23)11-25-18/h2-3,5,7-11,13,24H,4,6,12H2,1H3. The van der Waals surface area contributed by atoms with Gasteiger partial charge in [-0.1, -0.05) is 24.6 Å². The molecule has 2 aliphatic heterocycles. The minimum absolute atomic E-state index is 0.0922. The van der Waals surface area contributed by atoms with Crippen molar-refractivity contribution < 1.29 is 0 Å². The SMILES string of the molecule is CC1C=C(n2ccc(-c3ccc(Cl)cn3)cc2=O)C=C2N=C3CNCCC3=C21. The molecule has 5 rings (SSSR count). The molecule has 0 saturated carbocycles. The fraction of sp³-hybridized carbons (Fsp3) is 0.227. The third-order valence-corrected chi connectivity index (χ3v) is 5.65. The maximum absolute atomic E-state index is 12.8. The van der Waals surface area contributed by atoms with Crippen molar-refractivity contribution >= 4 is 23.0 Å². The monoisotopic (exact) mass is 390 g/mol. The van der Waals surface area contributed by atoms with E-state index in [1.165, 1.54) is 11.1 Å². The zero-order valence-electron chi connectivity index (χ0n) is 15.4. The molecule has 2 aromatic rings. The number of pyridine rings is 2. The van der Waals surface area contributed by atoms with E-state index in [1.807, 2.05) is 18.2 Å². The maximum Gasteiger partial charge on any atom is 0.255 e. The average molecular weight is 391 g/mol. The number of rotatable bonds is 2. The first-order chi connectivity index (χ1) is 13.6. The Morgan fingerprint density at radius 2 is 2.18 bits per heavy atom. The predicted octanol–water partition coefficient (Wildman–Crippen LogP) is 3.68. The maximum atomic E-state index is 12.8. The second kappa shape index (κ2) is 6.69. The number of piperidine rings is 1. The van der Waals surface area contributed by atoms with Crippen LogP contribution in [0.1, 0.15) is 13.3 Å². The van der Waals surface area contributed by atoms with Gasteiger partial charge < -0.3 is 5.32 Å². The molecule has 1 saturated heterocycles. The molecular formula is C22H19ClN4O. The number of hydrogen-bond acceptors (Lipinski definition) is 4. The van der Waals surface area contributed by atoms with Crippen LogP contribution in [0.5, 0.6) is 0 Å². The fourth-order valence-electron chi connectivity index (χ4n) is 4.12. The number of fused-ring (bicyclic) bond motifs is 2. The first-order valence-electron chi connectivity index (χ1n) is 9.41. The van der Waals surface area contributed by atoms with Gasteiger partial charge in [0, 0.05) is 42.2 Å². The highest BCUT2D eigenvalue weighted by molar-refractivity contribution is 6.30. The summed E-state index contributed by atoms with van der Waals surface area (Å²) in [5.74, 6) is 0.230. The Morgan fingerprint density at radius 1 is 1.29 bits per heavy atom. The van der Waals surface area contributed by atoms with E-state index < -0.39 is 0 Å². The molecule has 0 amide bonds. The molecule has 0 spiro atoms. The molecule has 6 heteroatoms. The van der Waals surface area contributed by atoms with Gasteiger partial charge in [-0.3, -0.25) is 19.3 Å². The van der Waals surface area contributed by atoms with Crippen LogP contribution in [0.3, 0.4) is 0 Å². The largest absolute Gasteiger partial charge is 0.311 e. The molecule has 1 unspecified atom stereocenters. The van der Waals surface area contributed by atoms with Gasteiger partial charge in [-0.2, -0.15) is 0 Å². The average Bonchev–Trinajstić information content (AvgIpc) is 3.07. The van der Waals surface area contributed by atoms with E-state index in [2.05, 4.69) is 23.3 Å². The van der Waals surface area contributed by atoms with Crippen LogP contribution in [-0.4, -0.2) is 28.4 Å². The smallest absolute Gasteiger partial charge is 0.255 e. The molecule has 3 aliphatic rings. The number of aromatic nitrogens is 2. The Morgan fingerprint density at radius 3 is 2.96 bits per heavy atom. The number of allylic oxidation sites excluding steroid dienone is 4. The van der Waals surface area contributed by atoms with Gasteiger partial charge in [-0.25, -0.2) is 0 Å². The van der Waals surface area contributed by atoms with E-state index in [0.717, 1.165) is 47.9 Å². The quantitative estimate of drug-likeness (QED) is 0.850. The zero-order valence-corrected chi connectivity index (χ0v) is 16.2. The summed E-state index contributed by atoms with van der Waals surface area (Å²) < 4.78 is 1.67. The van der Waals surface area contributed by atoms with Crippen molar-refractivity contribution in [3.8, 4) is 11.3 Å². The van der Waals surface area contributed by atoms with Crippen LogP contribution < -0.4 is 10.9 Å². The van der Waals surface area contributed by atoms with Gasteiger partial charge in [0.25, 0.3) is 5.56 Å². The molecule has 140 valence electrons. The van der Waals surface area contributed by atoms with E-state index in [4.69, 9.17) is 16.6 Å². The Bertz CT molecular complexity index is 1150. The van der Waals surface area contributed by atoms with Crippen LogP contribution in [-0.2, 0) is 0 Å². The third kappa shape index (κ3) is 2.87. The normalized spacial score (nSPS) is 20.9. The number of nitrogens with one attached hydrogen (secondary N) is 1. The Balaban J connectivity index is 1.52. The number of hydrogen-bond donors (Lipinski definition) is 1. The molecule has 0 aromatic carbocycles. The molecule has 28 heavy (non-hydrogen) atoms. The lowest BCUT2D eigenvalue weighted by molar-refractivity contribution is 0.725. The second-order valence-corrected chi connectivity index (χ2v) is 7.71. The van der Waals surface area contributed by atoms with E-state index in [-0.39, 0.29) is 11.5 Å². The van der Waals surface area contributed by atoms with Crippen molar-refractivity contribution in [1.29, 1.82) is 0 Å². The van der Waals surface area contributed by atoms with Crippen molar-refractivity contribution in [2.75, 3.05) is 13.1 Å². The van der Waals surface area contributed by atoms with Crippen molar-refractivity contribution in [2.24, 2.45) is 10.9 Å². The summed E-state index contributed by atoms with van der Waals surface area (Å²) in [6.07, 6.45) is 8.57. The summed E-state index contributed by atoms with van der Waals surface area (Å²) in [6.45, 7) is 3.99. The van der Waals surface area contributed by atoms with E-state index >= 15 is 0 Å². The summed E-state index contributed by atoms with van der Waals surface area (Å²) in [6, 6.07) is 7.10. The molecule has 2 aromatic heterocycles. The molecule has 1 N–H and O–H groups in total.